The summed E-state index contributed by atoms with van der Waals surface area (Å²) in [6.07, 6.45) is 11.1. The van der Waals surface area contributed by atoms with E-state index in [0.717, 1.165) is 24.1 Å². The lowest BCUT2D eigenvalue weighted by Gasteiger charge is -2.11. The first-order valence-electron chi connectivity index (χ1n) is 8.00. The minimum atomic E-state index is -0.0410. The van der Waals surface area contributed by atoms with Crippen molar-refractivity contribution in [2.24, 2.45) is 0 Å². The van der Waals surface area contributed by atoms with Crippen LogP contribution in [0.3, 0.4) is 0 Å². The maximum Gasteiger partial charge on any atom is 0.234 e. The zero-order chi connectivity index (χ0) is 17.6. The van der Waals surface area contributed by atoms with Crippen LogP contribution in [-0.2, 0) is 11.3 Å². The van der Waals surface area contributed by atoms with Gasteiger partial charge in [-0.25, -0.2) is 0 Å². The number of pyridine rings is 1. The third kappa shape index (κ3) is 4.29. The van der Waals surface area contributed by atoms with E-state index in [0.29, 0.717) is 22.5 Å². The highest BCUT2D eigenvalue weighted by Crippen LogP contribution is 2.28. The molecule has 3 rings (SSSR count). The Morgan fingerprint density at radius 2 is 2.32 bits per heavy atom. The van der Waals surface area contributed by atoms with Crippen molar-refractivity contribution in [3.63, 3.8) is 0 Å². The molecule has 2 aromatic rings. The van der Waals surface area contributed by atoms with Gasteiger partial charge >= 0.3 is 0 Å². The highest BCUT2D eigenvalue weighted by Gasteiger charge is 2.16. The van der Waals surface area contributed by atoms with E-state index < -0.39 is 0 Å². The fourth-order valence-corrected chi connectivity index (χ4v) is 3.49. The van der Waals surface area contributed by atoms with Crippen LogP contribution in [0.5, 0.6) is 0 Å². The second kappa shape index (κ2) is 8.31. The number of aromatic nitrogens is 4. The van der Waals surface area contributed by atoms with Gasteiger partial charge in [0.2, 0.25) is 5.91 Å². The van der Waals surface area contributed by atoms with E-state index in [1.165, 1.54) is 11.8 Å². The summed E-state index contributed by atoms with van der Waals surface area (Å²) >= 11 is 7.57. The van der Waals surface area contributed by atoms with Gasteiger partial charge in [0.15, 0.2) is 11.0 Å². The summed E-state index contributed by atoms with van der Waals surface area (Å²) in [6.45, 7) is 2.69. The Morgan fingerprint density at radius 3 is 3.04 bits per heavy atom. The fraction of sp³-hybridized carbons (Fsp3) is 0.294. The lowest BCUT2D eigenvalue weighted by Crippen LogP contribution is -2.25. The molecule has 6 nitrogen and oxygen atoms in total. The molecule has 2 aromatic heterocycles. The first-order chi connectivity index (χ1) is 12.2. The second-order valence-electron chi connectivity index (χ2n) is 5.40. The molecule has 0 bridgehead atoms. The van der Waals surface area contributed by atoms with Gasteiger partial charge < -0.3 is 9.88 Å². The van der Waals surface area contributed by atoms with Crippen molar-refractivity contribution in [1.82, 2.24) is 25.1 Å². The molecular formula is C17H18ClN5OS. The van der Waals surface area contributed by atoms with Crippen molar-refractivity contribution in [3.8, 4) is 11.4 Å². The lowest BCUT2D eigenvalue weighted by atomic mass is 10.1. The SMILES string of the molecule is CCn1c(SCC(=O)NC2=CC=CCC2)nnc1-c1ccncc1Cl. The van der Waals surface area contributed by atoms with Crippen LogP contribution in [0, 0.1) is 0 Å². The average molecular weight is 376 g/mol. The van der Waals surface area contributed by atoms with Crippen molar-refractivity contribution >= 4 is 29.3 Å². The molecule has 1 amide bonds. The molecule has 1 N–H and O–H groups in total. The molecule has 0 atom stereocenters. The van der Waals surface area contributed by atoms with Crippen LogP contribution in [0.25, 0.3) is 11.4 Å². The number of carbonyl (C=O) groups excluding carboxylic acids is 1. The van der Waals surface area contributed by atoms with Crippen LogP contribution in [-0.4, -0.2) is 31.4 Å². The molecule has 0 unspecified atom stereocenters. The lowest BCUT2D eigenvalue weighted by molar-refractivity contribution is -0.117. The van der Waals surface area contributed by atoms with Crippen LogP contribution in [0.1, 0.15) is 19.8 Å². The van der Waals surface area contributed by atoms with Crippen molar-refractivity contribution in [3.05, 3.63) is 47.4 Å². The highest BCUT2D eigenvalue weighted by atomic mass is 35.5. The first kappa shape index (κ1) is 17.7. The largest absolute Gasteiger partial charge is 0.329 e. The molecule has 0 fully saturated rings. The van der Waals surface area contributed by atoms with E-state index in [9.17, 15) is 4.79 Å². The predicted octanol–water partition coefficient (Wildman–Crippen LogP) is 3.46. The van der Waals surface area contributed by atoms with Gasteiger partial charge in [0.05, 0.1) is 10.8 Å². The Balaban J connectivity index is 1.69. The summed E-state index contributed by atoms with van der Waals surface area (Å²) in [5.74, 6) is 0.919. The number of halogens is 1. The van der Waals surface area contributed by atoms with Gasteiger partial charge in [-0.2, -0.15) is 0 Å². The number of nitrogens with one attached hydrogen (secondary N) is 1. The van der Waals surface area contributed by atoms with Crippen molar-refractivity contribution in [2.45, 2.75) is 31.5 Å². The van der Waals surface area contributed by atoms with E-state index in [2.05, 4.69) is 26.6 Å². The molecule has 2 heterocycles. The molecule has 0 saturated heterocycles. The van der Waals surface area contributed by atoms with Gasteiger partial charge in [-0.05, 0) is 31.9 Å². The maximum atomic E-state index is 12.1. The quantitative estimate of drug-likeness (QED) is 0.783. The summed E-state index contributed by atoms with van der Waals surface area (Å²) < 4.78 is 1.95. The first-order valence-corrected chi connectivity index (χ1v) is 9.37. The molecule has 0 radical (unpaired) electrons. The monoisotopic (exact) mass is 375 g/mol. The Bertz CT molecular complexity index is 830. The Kier molecular flexibility index (Phi) is 5.88. The van der Waals surface area contributed by atoms with E-state index >= 15 is 0 Å². The van der Waals surface area contributed by atoms with Gasteiger partial charge in [0.1, 0.15) is 0 Å². The number of rotatable bonds is 6. The molecule has 25 heavy (non-hydrogen) atoms. The molecule has 0 aromatic carbocycles. The van der Waals surface area contributed by atoms with Crippen molar-refractivity contribution in [1.29, 1.82) is 0 Å². The third-order valence-electron chi connectivity index (χ3n) is 3.69. The number of nitrogens with zero attached hydrogens (tertiary/aromatic N) is 4. The number of hydrogen-bond acceptors (Lipinski definition) is 5. The third-order valence-corrected chi connectivity index (χ3v) is 4.96. The fourth-order valence-electron chi connectivity index (χ4n) is 2.49. The predicted molar refractivity (Wildman–Crippen MR) is 99.3 cm³/mol. The number of hydrogen-bond donors (Lipinski definition) is 1. The van der Waals surface area contributed by atoms with Gasteiger partial charge in [-0.1, -0.05) is 35.5 Å². The second-order valence-corrected chi connectivity index (χ2v) is 6.75. The Hall–Kier alpha value is -2.12. The minimum Gasteiger partial charge on any atom is -0.329 e. The molecular weight excluding hydrogens is 358 g/mol. The van der Waals surface area contributed by atoms with Crippen LogP contribution in [0.15, 0.2) is 47.5 Å². The Labute approximate surface area is 155 Å². The smallest absolute Gasteiger partial charge is 0.234 e. The molecule has 0 saturated carbocycles. The van der Waals surface area contributed by atoms with Gasteiger partial charge in [-0.3, -0.25) is 9.78 Å². The number of allylic oxidation sites excluding steroid dienone is 4. The Morgan fingerprint density at radius 1 is 1.44 bits per heavy atom. The maximum absolute atomic E-state index is 12.1. The topological polar surface area (TPSA) is 72.7 Å². The van der Waals surface area contributed by atoms with Crippen molar-refractivity contribution in [2.75, 3.05) is 5.75 Å². The number of thioether (sulfide) groups is 1. The van der Waals surface area contributed by atoms with E-state index in [4.69, 9.17) is 11.6 Å². The highest BCUT2D eigenvalue weighted by molar-refractivity contribution is 7.99. The zero-order valence-corrected chi connectivity index (χ0v) is 15.3. The van der Waals surface area contributed by atoms with E-state index in [1.807, 2.05) is 29.7 Å². The van der Waals surface area contributed by atoms with Crippen molar-refractivity contribution < 1.29 is 4.79 Å². The molecule has 1 aliphatic rings. The van der Waals surface area contributed by atoms with Crippen LogP contribution in [0.2, 0.25) is 5.02 Å². The molecule has 0 aliphatic heterocycles. The zero-order valence-electron chi connectivity index (χ0n) is 13.8. The van der Waals surface area contributed by atoms with Gasteiger partial charge in [-0.15, -0.1) is 10.2 Å². The summed E-state index contributed by atoms with van der Waals surface area (Å²) in [4.78, 5) is 16.1. The normalized spacial score (nSPS) is 13.6. The number of carbonyl (C=O) groups is 1. The summed E-state index contributed by atoms with van der Waals surface area (Å²) in [5.41, 5.74) is 1.73. The van der Waals surface area contributed by atoms with E-state index in [1.54, 1.807) is 12.4 Å². The molecule has 8 heteroatoms. The van der Waals surface area contributed by atoms with E-state index in [-0.39, 0.29) is 11.7 Å². The molecule has 130 valence electrons. The van der Waals surface area contributed by atoms with Gasteiger partial charge in [0.25, 0.3) is 0 Å². The van der Waals surface area contributed by atoms with Crippen LogP contribution < -0.4 is 5.32 Å². The van der Waals surface area contributed by atoms with Crippen LogP contribution >= 0.6 is 23.4 Å². The molecule has 1 aliphatic carbocycles. The summed E-state index contributed by atoms with van der Waals surface area (Å²) in [6, 6.07) is 1.81. The number of amides is 1. The van der Waals surface area contributed by atoms with Gasteiger partial charge in [0, 0.05) is 30.2 Å². The average Bonchev–Trinajstić information content (AvgIpc) is 3.04. The molecule has 0 spiro atoms. The summed E-state index contributed by atoms with van der Waals surface area (Å²) in [5, 5.41) is 12.6. The standard InChI is InChI=1S/C17H18ClN5OS/c1-2-23-16(13-8-9-19-10-14(13)18)21-22-17(23)25-11-15(24)20-12-6-4-3-5-7-12/h3-4,6,8-10H,2,5,7,11H2,1H3,(H,20,24). The van der Waals surface area contributed by atoms with Crippen LogP contribution in [0.4, 0.5) is 0 Å². The summed E-state index contributed by atoms with van der Waals surface area (Å²) in [7, 11) is 0. The minimum absolute atomic E-state index is 0.0410.